The molecule has 2 rings (SSSR count). The van der Waals surface area contributed by atoms with E-state index in [-0.39, 0.29) is 5.91 Å². The second-order valence-corrected chi connectivity index (χ2v) is 5.46. The smallest absolute Gasteiger partial charge is 0.253 e. The van der Waals surface area contributed by atoms with Crippen LogP contribution in [-0.2, 0) is 16.1 Å². The molecule has 5 heteroatoms. The van der Waals surface area contributed by atoms with Gasteiger partial charge in [0.05, 0.1) is 13.2 Å². The number of methoxy groups -OCH3 is 1. The SMILES string of the molecule is CCOCc1ccc(C(=O)N2CCN(CCOC)CC2)cc1. The van der Waals surface area contributed by atoms with Gasteiger partial charge in [0.1, 0.15) is 0 Å². The number of benzene rings is 1. The lowest BCUT2D eigenvalue weighted by Gasteiger charge is -2.34. The van der Waals surface area contributed by atoms with Gasteiger partial charge >= 0.3 is 0 Å². The molecule has 0 N–H and O–H groups in total. The molecule has 0 atom stereocenters. The molecule has 1 aliphatic heterocycles. The van der Waals surface area contributed by atoms with E-state index in [4.69, 9.17) is 9.47 Å². The molecule has 0 radical (unpaired) electrons. The highest BCUT2D eigenvalue weighted by molar-refractivity contribution is 5.94. The van der Waals surface area contributed by atoms with Gasteiger partial charge in [-0.25, -0.2) is 0 Å². The Balaban J connectivity index is 1.84. The molecule has 1 aromatic rings. The monoisotopic (exact) mass is 306 g/mol. The zero-order valence-electron chi connectivity index (χ0n) is 13.6. The Hall–Kier alpha value is -1.43. The van der Waals surface area contributed by atoms with E-state index in [9.17, 15) is 4.79 Å². The van der Waals surface area contributed by atoms with Crippen LogP contribution >= 0.6 is 0 Å². The molecule has 0 bridgehead atoms. The van der Waals surface area contributed by atoms with Crippen molar-refractivity contribution >= 4 is 5.91 Å². The molecular formula is C17H26N2O3. The van der Waals surface area contributed by atoms with E-state index in [1.54, 1.807) is 7.11 Å². The van der Waals surface area contributed by atoms with Gasteiger partial charge in [0.2, 0.25) is 0 Å². The molecule has 0 unspecified atom stereocenters. The largest absolute Gasteiger partial charge is 0.383 e. The van der Waals surface area contributed by atoms with Crippen LogP contribution in [-0.4, -0.2) is 68.8 Å². The number of rotatable bonds is 7. The fourth-order valence-corrected chi connectivity index (χ4v) is 2.54. The van der Waals surface area contributed by atoms with Crippen molar-refractivity contribution in [1.82, 2.24) is 9.80 Å². The maximum atomic E-state index is 12.5. The topological polar surface area (TPSA) is 42.0 Å². The van der Waals surface area contributed by atoms with E-state index in [0.29, 0.717) is 13.2 Å². The second kappa shape index (κ2) is 8.88. The molecule has 1 aromatic carbocycles. The zero-order chi connectivity index (χ0) is 15.8. The Kier molecular flexibility index (Phi) is 6.83. The van der Waals surface area contributed by atoms with Crippen LogP contribution in [0.15, 0.2) is 24.3 Å². The number of hydrogen-bond acceptors (Lipinski definition) is 4. The molecule has 1 heterocycles. The molecule has 122 valence electrons. The molecule has 22 heavy (non-hydrogen) atoms. The molecule has 0 saturated carbocycles. The van der Waals surface area contributed by atoms with Crippen LogP contribution in [0.3, 0.4) is 0 Å². The van der Waals surface area contributed by atoms with Crippen molar-refractivity contribution in [3.05, 3.63) is 35.4 Å². The summed E-state index contributed by atoms with van der Waals surface area (Å²) in [6, 6.07) is 7.73. The van der Waals surface area contributed by atoms with E-state index in [1.807, 2.05) is 36.1 Å². The van der Waals surface area contributed by atoms with Gasteiger partial charge in [-0.05, 0) is 24.6 Å². The van der Waals surface area contributed by atoms with E-state index in [1.165, 1.54) is 0 Å². The second-order valence-electron chi connectivity index (χ2n) is 5.46. The lowest BCUT2D eigenvalue weighted by Crippen LogP contribution is -2.49. The summed E-state index contributed by atoms with van der Waals surface area (Å²) >= 11 is 0. The van der Waals surface area contributed by atoms with Crippen molar-refractivity contribution in [1.29, 1.82) is 0 Å². The molecule has 0 spiro atoms. The first-order valence-corrected chi connectivity index (χ1v) is 7.92. The fraction of sp³-hybridized carbons (Fsp3) is 0.588. The lowest BCUT2D eigenvalue weighted by atomic mass is 10.1. The maximum absolute atomic E-state index is 12.5. The van der Waals surface area contributed by atoms with Crippen LogP contribution in [0, 0.1) is 0 Å². The Labute approximate surface area is 132 Å². The van der Waals surface area contributed by atoms with Crippen molar-refractivity contribution < 1.29 is 14.3 Å². The summed E-state index contributed by atoms with van der Waals surface area (Å²) in [5, 5.41) is 0. The summed E-state index contributed by atoms with van der Waals surface area (Å²) in [6.07, 6.45) is 0. The third-order valence-electron chi connectivity index (χ3n) is 3.94. The van der Waals surface area contributed by atoms with E-state index < -0.39 is 0 Å². The third kappa shape index (κ3) is 4.80. The normalized spacial score (nSPS) is 16.0. The molecular weight excluding hydrogens is 280 g/mol. The van der Waals surface area contributed by atoms with Crippen molar-refractivity contribution in [2.24, 2.45) is 0 Å². The molecule has 0 aliphatic carbocycles. The Bertz CT molecular complexity index is 453. The maximum Gasteiger partial charge on any atom is 0.253 e. The van der Waals surface area contributed by atoms with Crippen LogP contribution < -0.4 is 0 Å². The summed E-state index contributed by atoms with van der Waals surface area (Å²) in [6.45, 7) is 8.35. The highest BCUT2D eigenvalue weighted by Gasteiger charge is 2.21. The first-order valence-electron chi connectivity index (χ1n) is 7.92. The fourth-order valence-electron chi connectivity index (χ4n) is 2.54. The molecule has 5 nitrogen and oxygen atoms in total. The van der Waals surface area contributed by atoms with Gasteiger partial charge in [-0.1, -0.05) is 12.1 Å². The first-order chi connectivity index (χ1) is 10.7. The van der Waals surface area contributed by atoms with Crippen LogP contribution in [0.25, 0.3) is 0 Å². The van der Waals surface area contributed by atoms with Gasteiger partial charge in [-0.15, -0.1) is 0 Å². The van der Waals surface area contributed by atoms with E-state index >= 15 is 0 Å². The number of carbonyl (C=O) groups is 1. The number of amides is 1. The number of ether oxygens (including phenoxy) is 2. The average molecular weight is 306 g/mol. The molecule has 1 aliphatic rings. The number of carbonyl (C=O) groups excluding carboxylic acids is 1. The minimum absolute atomic E-state index is 0.120. The average Bonchev–Trinajstić information content (AvgIpc) is 2.58. The minimum Gasteiger partial charge on any atom is -0.383 e. The van der Waals surface area contributed by atoms with E-state index in [2.05, 4.69) is 4.90 Å². The quantitative estimate of drug-likeness (QED) is 0.768. The molecule has 0 aromatic heterocycles. The standard InChI is InChI=1S/C17H26N2O3/c1-3-22-14-15-4-6-16(7-5-15)17(20)19-10-8-18(9-11-19)12-13-21-2/h4-7H,3,8-14H2,1-2H3. The summed E-state index contributed by atoms with van der Waals surface area (Å²) in [5.41, 5.74) is 1.85. The Morgan fingerprint density at radius 2 is 1.82 bits per heavy atom. The third-order valence-corrected chi connectivity index (χ3v) is 3.94. The minimum atomic E-state index is 0.120. The number of nitrogens with zero attached hydrogens (tertiary/aromatic N) is 2. The summed E-state index contributed by atoms with van der Waals surface area (Å²) in [5.74, 6) is 0.120. The van der Waals surface area contributed by atoms with Crippen LogP contribution in [0.4, 0.5) is 0 Å². The van der Waals surface area contributed by atoms with Crippen molar-refractivity contribution in [2.75, 3.05) is 53.0 Å². The van der Waals surface area contributed by atoms with E-state index in [0.717, 1.165) is 50.5 Å². The number of piperazine rings is 1. The van der Waals surface area contributed by atoms with Gasteiger partial charge < -0.3 is 14.4 Å². The van der Waals surface area contributed by atoms with Crippen LogP contribution in [0.5, 0.6) is 0 Å². The lowest BCUT2D eigenvalue weighted by molar-refractivity contribution is 0.0594. The van der Waals surface area contributed by atoms with Gasteiger partial charge in [-0.3, -0.25) is 9.69 Å². The Morgan fingerprint density at radius 1 is 1.14 bits per heavy atom. The summed E-state index contributed by atoms with van der Waals surface area (Å²) in [4.78, 5) is 16.8. The predicted octanol–water partition coefficient (Wildman–Crippen LogP) is 1.63. The van der Waals surface area contributed by atoms with Crippen molar-refractivity contribution in [3.63, 3.8) is 0 Å². The summed E-state index contributed by atoms with van der Waals surface area (Å²) in [7, 11) is 1.72. The van der Waals surface area contributed by atoms with Gasteiger partial charge in [0, 0.05) is 52.0 Å². The molecule has 1 saturated heterocycles. The zero-order valence-corrected chi connectivity index (χ0v) is 13.6. The predicted molar refractivity (Wildman–Crippen MR) is 86.0 cm³/mol. The van der Waals surface area contributed by atoms with Crippen LogP contribution in [0.2, 0.25) is 0 Å². The first kappa shape index (κ1) is 16.9. The highest BCUT2D eigenvalue weighted by Crippen LogP contribution is 2.11. The molecule has 1 amide bonds. The summed E-state index contributed by atoms with van der Waals surface area (Å²) < 4.78 is 10.5. The van der Waals surface area contributed by atoms with Gasteiger partial charge in [0.25, 0.3) is 5.91 Å². The highest BCUT2D eigenvalue weighted by atomic mass is 16.5. The van der Waals surface area contributed by atoms with Gasteiger partial charge in [0.15, 0.2) is 0 Å². The van der Waals surface area contributed by atoms with Gasteiger partial charge in [-0.2, -0.15) is 0 Å². The van der Waals surface area contributed by atoms with Crippen LogP contribution in [0.1, 0.15) is 22.8 Å². The van der Waals surface area contributed by atoms with Crippen molar-refractivity contribution in [2.45, 2.75) is 13.5 Å². The Morgan fingerprint density at radius 3 is 2.41 bits per heavy atom. The molecule has 1 fully saturated rings. The van der Waals surface area contributed by atoms with Crippen molar-refractivity contribution in [3.8, 4) is 0 Å². The number of hydrogen-bond donors (Lipinski definition) is 0.